The summed E-state index contributed by atoms with van der Waals surface area (Å²) in [7, 11) is 0. The van der Waals surface area contributed by atoms with Crippen LogP contribution in [0.2, 0.25) is 0 Å². The molecule has 18 heavy (non-hydrogen) atoms. The lowest BCUT2D eigenvalue weighted by Crippen LogP contribution is -2.33. The van der Waals surface area contributed by atoms with Crippen LogP contribution in [-0.2, 0) is 4.74 Å². The molecule has 2 heterocycles. The summed E-state index contributed by atoms with van der Waals surface area (Å²) in [5.74, 6) is 0.658. The van der Waals surface area contributed by atoms with Crippen molar-refractivity contribution in [3.8, 4) is 0 Å². The topological polar surface area (TPSA) is 21.3 Å². The Morgan fingerprint density at radius 2 is 2.28 bits per heavy atom. The Hall–Kier alpha value is -0.860. The molecule has 0 aromatic heterocycles. The van der Waals surface area contributed by atoms with E-state index in [2.05, 4.69) is 43.4 Å². The molecule has 0 spiro atoms. The molecule has 1 aromatic carbocycles. The molecule has 4 unspecified atom stereocenters. The molecule has 2 fully saturated rings. The monoisotopic (exact) mass is 245 g/mol. The Balaban J connectivity index is 1.84. The number of aryl methyl sites for hydroxylation is 1. The third-order valence-corrected chi connectivity index (χ3v) is 4.41. The third kappa shape index (κ3) is 2.19. The van der Waals surface area contributed by atoms with Gasteiger partial charge >= 0.3 is 0 Å². The van der Waals surface area contributed by atoms with Crippen LogP contribution in [0.15, 0.2) is 24.3 Å². The second-order valence-electron chi connectivity index (χ2n) is 5.72. The van der Waals surface area contributed by atoms with Gasteiger partial charge in [0.15, 0.2) is 0 Å². The minimum absolute atomic E-state index is 0.463. The van der Waals surface area contributed by atoms with Gasteiger partial charge in [-0.05, 0) is 38.3 Å². The smallest absolute Gasteiger partial charge is 0.0627 e. The number of ether oxygens (including phenoxy) is 1. The fourth-order valence-corrected chi connectivity index (χ4v) is 3.63. The maximum Gasteiger partial charge on any atom is 0.0627 e. The zero-order chi connectivity index (χ0) is 12.5. The summed E-state index contributed by atoms with van der Waals surface area (Å²) in [5.41, 5.74) is 2.78. The van der Waals surface area contributed by atoms with Crippen LogP contribution in [0.25, 0.3) is 0 Å². The number of hydrogen-bond donors (Lipinski definition) is 1. The Morgan fingerprint density at radius 1 is 1.39 bits per heavy atom. The van der Waals surface area contributed by atoms with Crippen LogP contribution in [-0.4, -0.2) is 18.8 Å². The van der Waals surface area contributed by atoms with Gasteiger partial charge in [0.1, 0.15) is 0 Å². The van der Waals surface area contributed by atoms with Gasteiger partial charge in [0.2, 0.25) is 0 Å². The molecule has 0 aliphatic carbocycles. The highest BCUT2D eigenvalue weighted by molar-refractivity contribution is 5.26. The van der Waals surface area contributed by atoms with E-state index in [1.54, 1.807) is 0 Å². The highest BCUT2D eigenvalue weighted by Crippen LogP contribution is 2.44. The van der Waals surface area contributed by atoms with Gasteiger partial charge in [0.05, 0.1) is 12.2 Å². The summed E-state index contributed by atoms with van der Waals surface area (Å²) in [6.45, 7) is 5.38. The zero-order valence-corrected chi connectivity index (χ0v) is 11.4. The lowest BCUT2D eigenvalue weighted by atomic mass is 9.81. The molecule has 2 saturated heterocycles. The Bertz CT molecular complexity index is 417. The van der Waals surface area contributed by atoms with Crippen molar-refractivity contribution < 1.29 is 4.74 Å². The van der Waals surface area contributed by atoms with Crippen LogP contribution in [0, 0.1) is 12.8 Å². The fourth-order valence-electron chi connectivity index (χ4n) is 3.63. The van der Waals surface area contributed by atoms with Gasteiger partial charge in [-0.25, -0.2) is 0 Å². The number of benzene rings is 1. The van der Waals surface area contributed by atoms with Crippen LogP contribution < -0.4 is 5.32 Å². The standard InChI is InChI=1S/C16H23NO/c1-3-17-16(12-6-4-5-11(2)9-12)14-10-13-7-8-15(14)18-13/h4-6,9,13-17H,3,7-8,10H2,1-2H3. The lowest BCUT2D eigenvalue weighted by Gasteiger charge is -2.29. The minimum atomic E-state index is 0.463. The molecule has 1 aromatic rings. The molecule has 2 heteroatoms. The molecule has 2 aliphatic rings. The van der Waals surface area contributed by atoms with Crippen molar-refractivity contribution in [1.82, 2.24) is 5.32 Å². The van der Waals surface area contributed by atoms with Gasteiger partial charge in [0.25, 0.3) is 0 Å². The average Bonchev–Trinajstić information content (AvgIpc) is 2.98. The van der Waals surface area contributed by atoms with Gasteiger partial charge in [-0.2, -0.15) is 0 Å². The van der Waals surface area contributed by atoms with Crippen molar-refractivity contribution in [1.29, 1.82) is 0 Å². The summed E-state index contributed by atoms with van der Waals surface area (Å²) < 4.78 is 6.02. The Morgan fingerprint density at radius 3 is 2.89 bits per heavy atom. The first-order valence-electron chi connectivity index (χ1n) is 7.23. The van der Waals surface area contributed by atoms with E-state index in [4.69, 9.17) is 4.74 Å². The van der Waals surface area contributed by atoms with E-state index in [9.17, 15) is 0 Å². The minimum Gasteiger partial charge on any atom is -0.375 e. The molecular weight excluding hydrogens is 222 g/mol. The molecule has 2 aliphatic heterocycles. The van der Waals surface area contributed by atoms with Crippen molar-refractivity contribution >= 4 is 0 Å². The van der Waals surface area contributed by atoms with Crippen LogP contribution in [0.4, 0.5) is 0 Å². The molecule has 4 atom stereocenters. The number of rotatable bonds is 4. The predicted molar refractivity (Wildman–Crippen MR) is 73.6 cm³/mol. The van der Waals surface area contributed by atoms with Gasteiger partial charge in [-0.15, -0.1) is 0 Å². The molecule has 1 N–H and O–H groups in total. The van der Waals surface area contributed by atoms with Crippen molar-refractivity contribution in [3.63, 3.8) is 0 Å². The molecule has 2 bridgehead atoms. The summed E-state index contributed by atoms with van der Waals surface area (Å²) in [5, 5.41) is 3.67. The van der Waals surface area contributed by atoms with E-state index in [-0.39, 0.29) is 0 Å². The third-order valence-electron chi connectivity index (χ3n) is 4.41. The summed E-state index contributed by atoms with van der Waals surface area (Å²) in [4.78, 5) is 0. The van der Waals surface area contributed by atoms with Crippen molar-refractivity contribution in [2.24, 2.45) is 5.92 Å². The average molecular weight is 245 g/mol. The predicted octanol–water partition coefficient (Wildman–Crippen LogP) is 3.21. The summed E-state index contributed by atoms with van der Waals surface area (Å²) in [6.07, 6.45) is 4.78. The second-order valence-corrected chi connectivity index (χ2v) is 5.72. The summed E-state index contributed by atoms with van der Waals surface area (Å²) in [6, 6.07) is 9.38. The van der Waals surface area contributed by atoms with Crippen molar-refractivity contribution in [2.45, 2.75) is 51.4 Å². The molecule has 0 radical (unpaired) electrons. The molecule has 0 saturated carbocycles. The first-order chi connectivity index (χ1) is 8.78. The molecule has 0 amide bonds. The van der Waals surface area contributed by atoms with Gasteiger partial charge in [0, 0.05) is 12.0 Å². The number of hydrogen-bond acceptors (Lipinski definition) is 2. The Kier molecular flexibility index (Phi) is 3.40. The van der Waals surface area contributed by atoms with Gasteiger partial charge in [-0.3, -0.25) is 0 Å². The highest BCUT2D eigenvalue weighted by atomic mass is 16.5. The van der Waals surface area contributed by atoms with Gasteiger partial charge < -0.3 is 10.1 Å². The highest BCUT2D eigenvalue weighted by Gasteiger charge is 2.44. The molecule has 3 rings (SSSR count). The van der Waals surface area contributed by atoms with Crippen LogP contribution in [0.3, 0.4) is 0 Å². The van der Waals surface area contributed by atoms with E-state index >= 15 is 0 Å². The SMILES string of the molecule is CCNC(c1cccc(C)c1)C1CC2CCC1O2. The second kappa shape index (κ2) is 5.02. The normalized spacial score (nSPS) is 31.8. The Labute approximate surface area is 110 Å². The van der Waals surface area contributed by atoms with E-state index in [1.165, 1.54) is 30.4 Å². The maximum absolute atomic E-state index is 6.02. The number of fused-ring (bicyclic) bond motifs is 2. The van der Waals surface area contributed by atoms with Gasteiger partial charge in [-0.1, -0.05) is 36.8 Å². The van der Waals surface area contributed by atoms with E-state index in [1.807, 2.05) is 0 Å². The molecular formula is C16H23NO. The van der Waals surface area contributed by atoms with Crippen LogP contribution in [0.1, 0.15) is 43.4 Å². The fraction of sp³-hybridized carbons (Fsp3) is 0.625. The largest absolute Gasteiger partial charge is 0.375 e. The molecule has 2 nitrogen and oxygen atoms in total. The lowest BCUT2D eigenvalue weighted by molar-refractivity contribution is 0.0858. The van der Waals surface area contributed by atoms with Crippen molar-refractivity contribution in [2.75, 3.05) is 6.54 Å². The first kappa shape index (κ1) is 12.2. The number of nitrogens with one attached hydrogen (secondary N) is 1. The zero-order valence-electron chi connectivity index (χ0n) is 11.4. The van der Waals surface area contributed by atoms with E-state index in [0.717, 1.165) is 6.54 Å². The summed E-state index contributed by atoms with van der Waals surface area (Å²) >= 11 is 0. The maximum atomic E-state index is 6.02. The van der Waals surface area contributed by atoms with E-state index < -0.39 is 0 Å². The van der Waals surface area contributed by atoms with E-state index in [0.29, 0.717) is 24.2 Å². The van der Waals surface area contributed by atoms with Crippen LogP contribution >= 0.6 is 0 Å². The first-order valence-corrected chi connectivity index (χ1v) is 7.23. The van der Waals surface area contributed by atoms with Crippen molar-refractivity contribution in [3.05, 3.63) is 35.4 Å². The quantitative estimate of drug-likeness (QED) is 0.879. The van der Waals surface area contributed by atoms with Crippen LogP contribution in [0.5, 0.6) is 0 Å². The molecule has 98 valence electrons.